The zero-order chi connectivity index (χ0) is 14.4. The van der Waals surface area contributed by atoms with Crippen LogP contribution in [-0.4, -0.2) is 77.9 Å². The van der Waals surface area contributed by atoms with Crippen molar-refractivity contribution < 1.29 is 19.8 Å². The molecule has 0 aromatic heterocycles. The average molecular weight is 273 g/mol. The lowest BCUT2D eigenvalue weighted by Gasteiger charge is -2.36. The molecule has 1 rings (SSSR count). The van der Waals surface area contributed by atoms with Crippen LogP contribution < -0.4 is 5.32 Å². The fraction of sp³-hybridized carbons (Fsp3) is 0.833. The van der Waals surface area contributed by atoms with Crippen LogP contribution in [0.5, 0.6) is 0 Å². The number of hydrogen-bond acceptors (Lipinski definition) is 4. The number of carbonyl (C=O) groups is 2. The summed E-state index contributed by atoms with van der Waals surface area (Å²) in [5, 5.41) is 20.2. The second-order valence-corrected chi connectivity index (χ2v) is 5.06. The maximum Gasteiger partial charge on any atom is 0.326 e. The minimum Gasteiger partial charge on any atom is -0.480 e. The first-order valence-electron chi connectivity index (χ1n) is 6.51. The van der Waals surface area contributed by atoms with E-state index in [2.05, 4.69) is 10.2 Å². The third kappa shape index (κ3) is 4.68. The lowest BCUT2D eigenvalue weighted by Crippen LogP contribution is -2.54. The number of urea groups is 1. The number of hydrogen-bond donors (Lipinski definition) is 3. The second kappa shape index (κ2) is 7.30. The van der Waals surface area contributed by atoms with E-state index in [0.717, 1.165) is 12.8 Å². The van der Waals surface area contributed by atoms with Crippen molar-refractivity contribution >= 4 is 12.0 Å². The fourth-order valence-corrected chi connectivity index (χ4v) is 2.19. The molecular formula is C12H23N3O4. The number of nitrogens with zero attached hydrogens (tertiary/aromatic N) is 2. The average Bonchev–Trinajstić information content (AvgIpc) is 2.38. The molecule has 1 aliphatic rings. The predicted octanol–water partition coefficient (Wildman–Crippen LogP) is -0.442. The van der Waals surface area contributed by atoms with Crippen molar-refractivity contribution in [2.75, 3.05) is 33.8 Å². The molecule has 0 aromatic rings. The van der Waals surface area contributed by atoms with Crippen molar-refractivity contribution in [3.05, 3.63) is 0 Å². The van der Waals surface area contributed by atoms with Gasteiger partial charge in [0.25, 0.3) is 0 Å². The van der Waals surface area contributed by atoms with E-state index in [1.54, 1.807) is 4.90 Å². The van der Waals surface area contributed by atoms with Crippen LogP contribution in [0.15, 0.2) is 0 Å². The van der Waals surface area contributed by atoms with Crippen LogP contribution in [0, 0.1) is 0 Å². The van der Waals surface area contributed by atoms with Gasteiger partial charge < -0.3 is 25.3 Å². The van der Waals surface area contributed by atoms with Gasteiger partial charge in [-0.2, -0.15) is 0 Å². The summed E-state index contributed by atoms with van der Waals surface area (Å²) >= 11 is 0. The molecule has 2 amide bonds. The van der Waals surface area contributed by atoms with Crippen LogP contribution in [0.3, 0.4) is 0 Å². The Morgan fingerprint density at radius 3 is 2.68 bits per heavy atom. The third-order valence-electron chi connectivity index (χ3n) is 3.43. The van der Waals surface area contributed by atoms with E-state index in [1.165, 1.54) is 0 Å². The summed E-state index contributed by atoms with van der Waals surface area (Å²) < 4.78 is 0. The quantitative estimate of drug-likeness (QED) is 0.631. The maximum atomic E-state index is 12.0. The molecule has 0 saturated carbocycles. The highest BCUT2D eigenvalue weighted by Gasteiger charge is 2.27. The minimum atomic E-state index is -1.12. The van der Waals surface area contributed by atoms with Crippen molar-refractivity contribution in [3.63, 3.8) is 0 Å². The Kier molecular flexibility index (Phi) is 6.04. The van der Waals surface area contributed by atoms with Crippen molar-refractivity contribution in [1.82, 2.24) is 15.1 Å². The number of carboxylic acids is 1. The van der Waals surface area contributed by atoms with Gasteiger partial charge in [0.05, 0.1) is 0 Å². The van der Waals surface area contributed by atoms with Gasteiger partial charge in [0.15, 0.2) is 0 Å². The molecule has 0 aliphatic carbocycles. The van der Waals surface area contributed by atoms with E-state index in [-0.39, 0.29) is 19.1 Å². The summed E-state index contributed by atoms with van der Waals surface area (Å²) in [7, 11) is 3.94. The monoisotopic (exact) mass is 273 g/mol. The van der Waals surface area contributed by atoms with Crippen LogP contribution in [0.4, 0.5) is 4.79 Å². The number of likely N-dealkylation sites (N-methyl/N-ethyl adjacent to an activating group) is 1. The van der Waals surface area contributed by atoms with Gasteiger partial charge in [-0.3, -0.25) is 0 Å². The number of aliphatic carboxylic acids is 1. The topological polar surface area (TPSA) is 93.1 Å². The molecule has 1 unspecified atom stereocenters. The third-order valence-corrected chi connectivity index (χ3v) is 3.43. The SMILES string of the molecule is CN(C)C1CCCN(C(=O)N[C@H](CCO)C(=O)O)C1. The van der Waals surface area contributed by atoms with Crippen LogP contribution >= 0.6 is 0 Å². The van der Waals surface area contributed by atoms with Gasteiger partial charge in [0.1, 0.15) is 6.04 Å². The van der Waals surface area contributed by atoms with Gasteiger partial charge in [-0.05, 0) is 26.9 Å². The first-order valence-corrected chi connectivity index (χ1v) is 6.51. The highest BCUT2D eigenvalue weighted by Crippen LogP contribution is 2.13. The number of nitrogens with one attached hydrogen (secondary N) is 1. The number of carbonyl (C=O) groups excluding carboxylic acids is 1. The van der Waals surface area contributed by atoms with Crippen molar-refractivity contribution in [3.8, 4) is 0 Å². The van der Waals surface area contributed by atoms with Crippen molar-refractivity contribution in [1.29, 1.82) is 0 Å². The minimum absolute atomic E-state index is 0.0199. The molecule has 2 atom stereocenters. The Bertz CT molecular complexity index is 322. The molecule has 1 saturated heterocycles. The number of amides is 2. The maximum absolute atomic E-state index is 12.0. The van der Waals surface area contributed by atoms with E-state index in [4.69, 9.17) is 10.2 Å². The smallest absolute Gasteiger partial charge is 0.326 e. The molecule has 0 spiro atoms. The Morgan fingerprint density at radius 2 is 2.16 bits per heavy atom. The molecule has 110 valence electrons. The molecule has 7 heteroatoms. The van der Waals surface area contributed by atoms with Gasteiger partial charge >= 0.3 is 12.0 Å². The predicted molar refractivity (Wildman–Crippen MR) is 69.9 cm³/mol. The summed E-state index contributed by atoms with van der Waals surface area (Å²) in [4.78, 5) is 26.6. The van der Waals surface area contributed by atoms with Gasteiger partial charge in [0, 0.05) is 32.2 Å². The van der Waals surface area contributed by atoms with Crippen molar-refractivity contribution in [2.24, 2.45) is 0 Å². The number of piperidine rings is 1. The van der Waals surface area contributed by atoms with Crippen molar-refractivity contribution in [2.45, 2.75) is 31.3 Å². The molecule has 3 N–H and O–H groups in total. The Labute approximate surface area is 113 Å². The van der Waals surface area contributed by atoms with Crippen LogP contribution in [-0.2, 0) is 4.79 Å². The van der Waals surface area contributed by atoms with Crippen LogP contribution in [0.2, 0.25) is 0 Å². The lowest BCUT2D eigenvalue weighted by atomic mass is 10.1. The standard InChI is InChI=1S/C12H23N3O4/c1-14(2)9-4-3-6-15(8-9)12(19)13-10(5-7-16)11(17)18/h9-10,16H,3-8H2,1-2H3,(H,13,19)(H,17,18)/t9?,10-/m1/s1. The summed E-state index contributed by atoms with van der Waals surface area (Å²) in [6.07, 6.45) is 1.97. The molecule has 7 nitrogen and oxygen atoms in total. The van der Waals surface area contributed by atoms with Gasteiger partial charge in [-0.15, -0.1) is 0 Å². The molecular weight excluding hydrogens is 250 g/mol. The Balaban J connectivity index is 2.54. The number of likely N-dealkylation sites (tertiary alicyclic amines) is 1. The first kappa shape index (κ1) is 15.7. The number of aliphatic hydroxyl groups excluding tert-OH is 1. The molecule has 1 heterocycles. The first-order chi connectivity index (χ1) is 8.95. The highest BCUT2D eigenvalue weighted by molar-refractivity contribution is 5.82. The highest BCUT2D eigenvalue weighted by atomic mass is 16.4. The van der Waals surface area contributed by atoms with E-state index >= 15 is 0 Å². The zero-order valence-electron chi connectivity index (χ0n) is 11.5. The summed E-state index contributed by atoms with van der Waals surface area (Å²) in [5.74, 6) is -1.12. The summed E-state index contributed by atoms with van der Waals surface area (Å²) in [6, 6.07) is -1.09. The van der Waals surface area contributed by atoms with Gasteiger partial charge in [-0.1, -0.05) is 0 Å². The molecule has 0 radical (unpaired) electrons. The molecule has 1 aliphatic heterocycles. The van der Waals surface area contributed by atoms with Gasteiger partial charge in [0.2, 0.25) is 0 Å². The Hall–Kier alpha value is -1.34. The van der Waals surface area contributed by atoms with Crippen LogP contribution in [0.25, 0.3) is 0 Å². The van der Waals surface area contributed by atoms with E-state index in [0.29, 0.717) is 19.1 Å². The van der Waals surface area contributed by atoms with E-state index in [1.807, 2.05) is 14.1 Å². The largest absolute Gasteiger partial charge is 0.480 e. The second-order valence-electron chi connectivity index (χ2n) is 5.06. The molecule has 0 aromatic carbocycles. The van der Waals surface area contributed by atoms with E-state index in [9.17, 15) is 9.59 Å². The fourth-order valence-electron chi connectivity index (χ4n) is 2.19. The molecule has 0 bridgehead atoms. The van der Waals surface area contributed by atoms with Gasteiger partial charge in [-0.25, -0.2) is 9.59 Å². The van der Waals surface area contributed by atoms with Crippen LogP contribution in [0.1, 0.15) is 19.3 Å². The summed E-state index contributed by atoms with van der Waals surface area (Å²) in [6.45, 7) is 0.976. The zero-order valence-corrected chi connectivity index (χ0v) is 11.5. The number of rotatable bonds is 5. The molecule has 19 heavy (non-hydrogen) atoms. The lowest BCUT2D eigenvalue weighted by molar-refractivity contribution is -0.139. The normalized spacial score (nSPS) is 21.3. The Morgan fingerprint density at radius 1 is 1.47 bits per heavy atom. The number of carboxylic acid groups (broad SMARTS) is 1. The molecule has 1 fully saturated rings. The summed E-state index contributed by atoms with van der Waals surface area (Å²) in [5.41, 5.74) is 0. The number of aliphatic hydroxyl groups is 1. The van der Waals surface area contributed by atoms with E-state index < -0.39 is 12.0 Å².